The summed E-state index contributed by atoms with van der Waals surface area (Å²) in [6.45, 7) is 0.953. The number of ketones is 1. The van der Waals surface area contributed by atoms with Crippen molar-refractivity contribution in [3.8, 4) is 11.5 Å². The van der Waals surface area contributed by atoms with Gasteiger partial charge in [0.05, 0.1) is 14.2 Å². The molecule has 0 fully saturated rings. The molecule has 1 N–H and O–H groups in total. The first-order chi connectivity index (χ1) is 13.6. The van der Waals surface area contributed by atoms with E-state index in [0.717, 1.165) is 23.3 Å². The zero-order valence-electron chi connectivity index (χ0n) is 16.2. The summed E-state index contributed by atoms with van der Waals surface area (Å²) < 4.78 is 10.7. The molecule has 0 aliphatic carbocycles. The number of ether oxygens (including phenoxy) is 2. The Balaban J connectivity index is 1.59. The van der Waals surface area contributed by atoms with Gasteiger partial charge in [0, 0.05) is 42.8 Å². The smallest absolute Gasteiger partial charge is 0.251 e. The minimum atomic E-state index is -0.175. The molecule has 2 aromatic rings. The van der Waals surface area contributed by atoms with Crippen molar-refractivity contribution < 1.29 is 19.1 Å². The average Bonchev–Trinajstić information content (AvgIpc) is 2.73. The number of amides is 1. The summed E-state index contributed by atoms with van der Waals surface area (Å²) >= 11 is 0. The standard InChI is InChI=1S/C22H24N2O4/c1-27-20-12-16-8-10-23-19(18(16)14-21(20)28-2)13-17(25)9-11-24-22(26)15-6-4-3-5-7-15/h3-7,12,14H,8-11,13H2,1-2H3,(H,24,26). The van der Waals surface area contributed by atoms with Gasteiger partial charge in [-0.1, -0.05) is 18.2 Å². The third-order valence-electron chi connectivity index (χ3n) is 4.69. The van der Waals surface area contributed by atoms with Crippen molar-refractivity contribution in [3.05, 3.63) is 59.2 Å². The molecule has 6 heteroatoms. The Labute approximate surface area is 164 Å². The molecule has 1 amide bonds. The molecule has 1 aliphatic heterocycles. The second-order valence-corrected chi connectivity index (χ2v) is 6.53. The Morgan fingerprint density at radius 2 is 1.79 bits per heavy atom. The van der Waals surface area contributed by atoms with Gasteiger partial charge < -0.3 is 14.8 Å². The zero-order chi connectivity index (χ0) is 19.9. The molecule has 0 atom stereocenters. The largest absolute Gasteiger partial charge is 0.493 e. The molecule has 1 heterocycles. The van der Waals surface area contributed by atoms with Crippen LogP contribution in [0.2, 0.25) is 0 Å². The highest BCUT2D eigenvalue weighted by atomic mass is 16.5. The topological polar surface area (TPSA) is 77.0 Å². The van der Waals surface area contributed by atoms with Gasteiger partial charge in [-0.15, -0.1) is 0 Å². The molecule has 1 aliphatic rings. The van der Waals surface area contributed by atoms with Gasteiger partial charge in [-0.25, -0.2) is 0 Å². The summed E-state index contributed by atoms with van der Waals surface area (Å²) in [5.74, 6) is 1.16. The predicted octanol–water partition coefficient (Wildman–Crippen LogP) is 2.83. The lowest BCUT2D eigenvalue weighted by molar-refractivity contribution is -0.117. The van der Waals surface area contributed by atoms with Crippen molar-refractivity contribution in [1.82, 2.24) is 5.32 Å². The number of benzene rings is 2. The van der Waals surface area contributed by atoms with Gasteiger partial charge >= 0.3 is 0 Å². The minimum Gasteiger partial charge on any atom is -0.493 e. The molecule has 0 saturated carbocycles. The monoisotopic (exact) mass is 380 g/mol. The van der Waals surface area contributed by atoms with Gasteiger partial charge in [0.15, 0.2) is 11.5 Å². The fourth-order valence-electron chi connectivity index (χ4n) is 3.23. The summed E-state index contributed by atoms with van der Waals surface area (Å²) in [5, 5.41) is 2.78. The lowest BCUT2D eigenvalue weighted by Gasteiger charge is -2.19. The first kappa shape index (κ1) is 19.6. The molecule has 2 aromatic carbocycles. The number of hydrogen-bond donors (Lipinski definition) is 1. The van der Waals surface area contributed by atoms with E-state index >= 15 is 0 Å². The van der Waals surface area contributed by atoms with Crippen LogP contribution in [0.1, 0.15) is 34.3 Å². The normalized spacial score (nSPS) is 12.6. The predicted molar refractivity (Wildman–Crippen MR) is 108 cm³/mol. The number of hydrogen-bond acceptors (Lipinski definition) is 5. The highest BCUT2D eigenvalue weighted by Gasteiger charge is 2.20. The van der Waals surface area contributed by atoms with Crippen LogP contribution in [0.25, 0.3) is 0 Å². The molecular formula is C22H24N2O4. The number of carbonyl (C=O) groups excluding carboxylic acids is 2. The number of nitrogens with one attached hydrogen (secondary N) is 1. The zero-order valence-corrected chi connectivity index (χ0v) is 16.2. The highest BCUT2D eigenvalue weighted by Crippen LogP contribution is 2.33. The maximum atomic E-state index is 12.4. The number of nitrogens with zero attached hydrogens (tertiary/aromatic N) is 1. The van der Waals surface area contributed by atoms with Gasteiger partial charge in [0.25, 0.3) is 5.91 Å². The van der Waals surface area contributed by atoms with Gasteiger partial charge in [0.1, 0.15) is 5.78 Å². The van der Waals surface area contributed by atoms with Crippen molar-refractivity contribution >= 4 is 17.4 Å². The summed E-state index contributed by atoms with van der Waals surface area (Å²) in [5.41, 5.74) is 3.39. The van der Waals surface area contributed by atoms with Gasteiger partial charge in [-0.3, -0.25) is 14.6 Å². The molecule has 146 valence electrons. The first-order valence-corrected chi connectivity index (χ1v) is 9.26. The van der Waals surface area contributed by atoms with E-state index in [1.54, 1.807) is 26.4 Å². The second-order valence-electron chi connectivity index (χ2n) is 6.53. The van der Waals surface area contributed by atoms with E-state index in [4.69, 9.17) is 9.47 Å². The van der Waals surface area contributed by atoms with Crippen LogP contribution in [-0.2, 0) is 11.2 Å². The van der Waals surface area contributed by atoms with Gasteiger partial charge in [-0.05, 0) is 36.2 Å². The van der Waals surface area contributed by atoms with Gasteiger partial charge in [-0.2, -0.15) is 0 Å². The molecule has 0 spiro atoms. The van der Waals surface area contributed by atoms with E-state index in [9.17, 15) is 9.59 Å². The minimum absolute atomic E-state index is 0.0368. The lowest BCUT2D eigenvalue weighted by Crippen LogP contribution is -2.26. The fraction of sp³-hybridized carbons (Fsp3) is 0.318. The summed E-state index contributed by atoms with van der Waals surface area (Å²) in [6, 6.07) is 12.8. The van der Waals surface area contributed by atoms with Crippen LogP contribution < -0.4 is 14.8 Å². The van der Waals surface area contributed by atoms with Crippen molar-refractivity contribution in [2.75, 3.05) is 27.3 Å². The van der Waals surface area contributed by atoms with Crippen molar-refractivity contribution in [2.45, 2.75) is 19.3 Å². The second kappa shape index (κ2) is 9.17. The van der Waals surface area contributed by atoms with Gasteiger partial charge in [0.2, 0.25) is 0 Å². The maximum absolute atomic E-state index is 12.4. The summed E-state index contributed by atoms with van der Waals surface area (Å²) in [6.07, 6.45) is 1.31. The van der Waals surface area contributed by atoms with Crippen LogP contribution in [0.5, 0.6) is 11.5 Å². The SMILES string of the molecule is COc1cc2c(cc1OC)C(CC(=O)CCNC(=O)c1ccccc1)=NCC2. The Bertz CT molecular complexity index is 891. The Morgan fingerprint density at radius 3 is 2.50 bits per heavy atom. The third kappa shape index (κ3) is 4.57. The number of Topliss-reactive ketones (excluding diaryl/α,β-unsaturated/α-hetero) is 1. The summed E-state index contributed by atoms with van der Waals surface area (Å²) in [4.78, 5) is 29.0. The fourth-order valence-corrected chi connectivity index (χ4v) is 3.23. The lowest BCUT2D eigenvalue weighted by atomic mass is 9.93. The molecule has 3 rings (SSSR count). The Hall–Kier alpha value is -3.15. The van der Waals surface area contributed by atoms with Crippen LogP contribution in [0, 0.1) is 0 Å². The number of rotatable bonds is 8. The van der Waals surface area contributed by atoms with E-state index in [-0.39, 0.29) is 24.5 Å². The molecule has 0 saturated heterocycles. The molecule has 0 radical (unpaired) electrons. The van der Waals surface area contributed by atoms with E-state index in [1.807, 2.05) is 30.3 Å². The number of carbonyl (C=O) groups is 2. The van der Waals surface area contributed by atoms with Crippen LogP contribution in [0.15, 0.2) is 47.5 Å². The third-order valence-corrected chi connectivity index (χ3v) is 4.69. The molecule has 0 unspecified atom stereocenters. The van der Waals surface area contributed by atoms with Crippen molar-refractivity contribution in [1.29, 1.82) is 0 Å². The molecule has 0 aromatic heterocycles. The van der Waals surface area contributed by atoms with E-state index < -0.39 is 0 Å². The van der Waals surface area contributed by atoms with Crippen molar-refractivity contribution in [3.63, 3.8) is 0 Å². The molecule has 0 bridgehead atoms. The van der Waals surface area contributed by atoms with E-state index in [1.165, 1.54) is 0 Å². The number of fused-ring (bicyclic) bond motifs is 1. The Kier molecular flexibility index (Phi) is 6.42. The van der Waals surface area contributed by atoms with E-state index in [2.05, 4.69) is 10.3 Å². The van der Waals surface area contributed by atoms with Crippen LogP contribution in [0.4, 0.5) is 0 Å². The Morgan fingerprint density at radius 1 is 1.07 bits per heavy atom. The number of aliphatic imine (C=N–C) groups is 1. The molecule has 28 heavy (non-hydrogen) atoms. The average molecular weight is 380 g/mol. The first-order valence-electron chi connectivity index (χ1n) is 9.26. The quantitative estimate of drug-likeness (QED) is 0.764. The maximum Gasteiger partial charge on any atom is 0.251 e. The number of methoxy groups -OCH3 is 2. The van der Waals surface area contributed by atoms with Crippen LogP contribution >= 0.6 is 0 Å². The van der Waals surface area contributed by atoms with Crippen LogP contribution in [0.3, 0.4) is 0 Å². The van der Waals surface area contributed by atoms with E-state index in [0.29, 0.717) is 30.2 Å². The molecular weight excluding hydrogens is 356 g/mol. The highest BCUT2D eigenvalue weighted by molar-refractivity contribution is 6.12. The molecule has 6 nitrogen and oxygen atoms in total. The van der Waals surface area contributed by atoms with Crippen molar-refractivity contribution in [2.24, 2.45) is 4.99 Å². The van der Waals surface area contributed by atoms with Crippen LogP contribution in [-0.4, -0.2) is 44.7 Å². The summed E-state index contributed by atoms with van der Waals surface area (Å²) in [7, 11) is 3.19.